The average molecular weight is 525 g/mol. The Kier molecular flexibility index (Phi) is 7.20. The quantitative estimate of drug-likeness (QED) is 0.206. The van der Waals surface area contributed by atoms with E-state index in [9.17, 15) is 20.4 Å². The molecule has 4 nitrogen and oxygen atoms in total. The SMILES string of the molecule is Cc1cc(C(C)(C)c2ccc(O)c(Cc3cc(C(C)(C)c4cc(C)c(O)c(C)c4)ccc3O)c2)cc(C)c1O. The van der Waals surface area contributed by atoms with E-state index in [0.29, 0.717) is 17.9 Å². The van der Waals surface area contributed by atoms with E-state index in [1.54, 1.807) is 12.1 Å². The third kappa shape index (κ3) is 5.21. The van der Waals surface area contributed by atoms with Crippen LogP contribution in [0.4, 0.5) is 0 Å². The Bertz CT molecular complexity index is 1400. The molecule has 4 heteroatoms. The summed E-state index contributed by atoms with van der Waals surface area (Å²) in [5.41, 5.74) is 8.29. The molecule has 0 amide bonds. The molecule has 0 fully saturated rings. The lowest BCUT2D eigenvalue weighted by Crippen LogP contribution is -2.20. The van der Waals surface area contributed by atoms with Crippen molar-refractivity contribution in [2.75, 3.05) is 0 Å². The Morgan fingerprint density at radius 2 is 0.769 bits per heavy atom. The zero-order valence-electron chi connectivity index (χ0n) is 24.3. The molecule has 4 aromatic rings. The maximum absolute atomic E-state index is 10.8. The van der Waals surface area contributed by atoms with Gasteiger partial charge in [0.15, 0.2) is 0 Å². The van der Waals surface area contributed by atoms with E-state index in [1.807, 2.05) is 76.2 Å². The van der Waals surface area contributed by atoms with Crippen molar-refractivity contribution in [3.8, 4) is 23.0 Å². The second-order valence-corrected chi connectivity index (χ2v) is 12.0. The van der Waals surface area contributed by atoms with Gasteiger partial charge in [0, 0.05) is 17.3 Å². The molecule has 0 saturated carbocycles. The highest BCUT2D eigenvalue weighted by Crippen LogP contribution is 2.40. The topological polar surface area (TPSA) is 80.9 Å². The maximum Gasteiger partial charge on any atom is 0.121 e. The van der Waals surface area contributed by atoms with Crippen LogP contribution in [0, 0.1) is 27.7 Å². The first-order chi connectivity index (χ1) is 18.1. The maximum atomic E-state index is 10.8. The number of aryl methyl sites for hydroxylation is 4. The van der Waals surface area contributed by atoms with E-state index >= 15 is 0 Å². The van der Waals surface area contributed by atoms with Crippen molar-refractivity contribution < 1.29 is 20.4 Å². The summed E-state index contributed by atoms with van der Waals surface area (Å²) in [6.07, 6.45) is 0.368. The molecule has 0 saturated heterocycles. The Balaban J connectivity index is 1.73. The van der Waals surface area contributed by atoms with Crippen LogP contribution >= 0.6 is 0 Å². The smallest absolute Gasteiger partial charge is 0.121 e. The fourth-order valence-electron chi connectivity index (χ4n) is 5.40. The van der Waals surface area contributed by atoms with Crippen LogP contribution in [0.25, 0.3) is 0 Å². The van der Waals surface area contributed by atoms with Crippen LogP contribution in [0.3, 0.4) is 0 Å². The summed E-state index contributed by atoms with van der Waals surface area (Å²) in [5, 5.41) is 42.1. The van der Waals surface area contributed by atoms with Gasteiger partial charge in [-0.15, -0.1) is 0 Å². The van der Waals surface area contributed by atoms with Gasteiger partial charge in [0.05, 0.1) is 0 Å². The minimum absolute atomic E-state index is 0.182. The fraction of sp³-hybridized carbons (Fsp3) is 0.314. The molecule has 0 atom stereocenters. The van der Waals surface area contributed by atoms with E-state index in [-0.39, 0.29) is 22.3 Å². The van der Waals surface area contributed by atoms with Crippen LogP contribution in [0.1, 0.15) is 83.3 Å². The molecule has 0 aromatic heterocycles. The van der Waals surface area contributed by atoms with E-state index in [1.165, 1.54) is 0 Å². The molecule has 0 radical (unpaired) electrons. The number of phenols is 4. The molecule has 0 spiro atoms. The van der Waals surface area contributed by atoms with Crippen molar-refractivity contribution in [3.63, 3.8) is 0 Å². The zero-order chi connectivity index (χ0) is 28.9. The highest BCUT2D eigenvalue weighted by atomic mass is 16.3. The minimum Gasteiger partial charge on any atom is -0.508 e. The van der Waals surface area contributed by atoms with Gasteiger partial charge >= 0.3 is 0 Å². The predicted molar refractivity (Wildman–Crippen MR) is 158 cm³/mol. The van der Waals surface area contributed by atoms with Gasteiger partial charge in [-0.1, -0.05) is 76.2 Å². The molecular weight excluding hydrogens is 484 g/mol. The molecule has 0 unspecified atom stereocenters. The first kappa shape index (κ1) is 28.1. The first-order valence-corrected chi connectivity index (χ1v) is 13.4. The van der Waals surface area contributed by atoms with Crippen molar-refractivity contribution >= 4 is 0 Å². The summed E-state index contributed by atoms with van der Waals surface area (Å²) in [5.74, 6) is 0.997. The van der Waals surface area contributed by atoms with E-state index in [0.717, 1.165) is 55.6 Å². The van der Waals surface area contributed by atoms with Gasteiger partial charge in [0.2, 0.25) is 0 Å². The van der Waals surface area contributed by atoms with Gasteiger partial charge in [-0.25, -0.2) is 0 Å². The average Bonchev–Trinajstić information content (AvgIpc) is 2.87. The molecule has 204 valence electrons. The summed E-state index contributed by atoms with van der Waals surface area (Å²) in [6.45, 7) is 16.2. The summed E-state index contributed by atoms with van der Waals surface area (Å²) in [6, 6.07) is 19.4. The molecule has 0 bridgehead atoms. The third-order valence-electron chi connectivity index (χ3n) is 8.41. The van der Waals surface area contributed by atoms with Gasteiger partial charge in [0.25, 0.3) is 0 Å². The Morgan fingerprint density at radius 3 is 1.08 bits per heavy atom. The van der Waals surface area contributed by atoms with Crippen LogP contribution in [0.2, 0.25) is 0 Å². The normalized spacial score (nSPS) is 12.1. The summed E-state index contributed by atoms with van der Waals surface area (Å²) in [4.78, 5) is 0. The largest absolute Gasteiger partial charge is 0.508 e. The number of hydrogen-bond acceptors (Lipinski definition) is 4. The van der Waals surface area contributed by atoms with Crippen LogP contribution in [0.5, 0.6) is 23.0 Å². The Labute approximate surface area is 232 Å². The van der Waals surface area contributed by atoms with Gasteiger partial charge in [-0.05, 0) is 95.5 Å². The van der Waals surface area contributed by atoms with Gasteiger partial charge in [-0.2, -0.15) is 0 Å². The van der Waals surface area contributed by atoms with Gasteiger partial charge < -0.3 is 20.4 Å². The predicted octanol–water partition coefficient (Wildman–Crippen LogP) is 7.99. The van der Waals surface area contributed by atoms with Crippen molar-refractivity contribution in [2.45, 2.75) is 72.6 Å². The lowest BCUT2D eigenvalue weighted by molar-refractivity contribution is 0.461. The number of aromatic hydroxyl groups is 4. The molecule has 4 aromatic carbocycles. The summed E-state index contributed by atoms with van der Waals surface area (Å²) >= 11 is 0. The monoisotopic (exact) mass is 524 g/mol. The second-order valence-electron chi connectivity index (χ2n) is 12.0. The lowest BCUT2D eigenvalue weighted by Gasteiger charge is -2.29. The van der Waals surface area contributed by atoms with Gasteiger partial charge in [-0.3, -0.25) is 0 Å². The fourth-order valence-corrected chi connectivity index (χ4v) is 5.40. The van der Waals surface area contributed by atoms with Crippen LogP contribution in [0.15, 0.2) is 60.7 Å². The molecular formula is C35H40O4. The summed E-state index contributed by atoms with van der Waals surface area (Å²) < 4.78 is 0. The number of rotatable bonds is 6. The standard InChI is InChI=1S/C35H40O4/c1-20-13-28(14-21(2)32(20)38)34(5,6)26-9-11-30(36)24(18-26)17-25-19-27(10-12-31(25)37)35(7,8)29-15-22(3)33(39)23(4)16-29/h9-16,18-19,36-39H,17H2,1-8H3. The van der Waals surface area contributed by atoms with E-state index in [4.69, 9.17) is 0 Å². The van der Waals surface area contributed by atoms with Crippen LogP contribution < -0.4 is 0 Å². The number of hydrogen-bond donors (Lipinski definition) is 4. The lowest BCUT2D eigenvalue weighted by atomic mass is 9.75. The third-order valence-corrected chi connectivity index (χ3v) is 8.41. The molecule has 0 aliphatic heterocycles. The van der Waals surface area contributed by atoms with Crippen LogP contribution in [-0.4, -0.2) is 20.4 Å². The first-order valence-electron chi connectivity index (χ1n) is 13.4. The molecule has 4 rings (SSSR count). The van der Waals surface area contributed by atoms with Crippen molar-refractivity contribution in [1.82, 2.24) is 0 Å². The highest BCUT2D eigenvalue weighted by molar-refractivity contribution is 5.53. The van der Waals surface area contributed by atoms with E-state index in [2.05, 4.69) is 27.7 Å². The second kappa shape index (κ2) is 10.00. The van der Waals surface area contributed by atoms with Gasteiger partial charge in [0.1, 0.15) is 23.0 Å². The van der Waals surface area contributed by atoms with Crippen molar-refractivity contribution in [1.29, 1.82) is 0 Å². The molecule has 0 heterocycles. The van der Waals surface area contributed by atoms with Crippen LogP contribution in [-0.2, 0) is 17.3 Å². The van der Waals surface area contributed by atoms with Crippen molar-refractivity contribution in [3.05, 3.63) is 116 Å². The number of benzene rings is 4. The molecule has 0 aliphatic rings. The zero-order valence-corrected chi connectivity index (χ0v) is 24.3. The Morgan fingerprint density at radius 1 is 0.462 bits per heavy atom. The summed E-state index contributed by atoms with van der Waals surface area (Å²) in [7, 11) is 0. The minimum atomic E-state index is -0.369. The molecule has 39 heavy (non-hydrogen) atoms. The molecule has 4 N–H and O–H groups in total. The number of phenolic OH excluding ortho intramolecular Hbond substituents is 4. The highest BCUT2D eigenvalue weighted by Gasteiger charge is 2.27. The van der Waals surface area contributed by atoms with E-state index < -0.39 is 0 Å². The Hall–Kier alpha value is -3.92. The molecule has 0 aliphatic carbocycles. The van der Waals surface area contributed by atoms with Crippen molar-refractivity contribution in [2.24, 2.45) is 0 Å².